The molecule has 0 unspecified atom stereocenters. The summed E-state index contributed by atoms with van der Waals surface area (Å²) in [6, 6.07) is 10.9. The molecule has 1 aromatic heterocycles. The van der Waals surface area contributed by atoms with Crippen molar-refractivity contribution in [3.05, 3.63) is 46.3 Å². The van der Waals surface area contributed by atoms with Crippen molar-refractivity contribution in [2.45, 2.75) is 11.3 Å². The largest absolute Gasteiger partial charge is 0.456 e. The number of hydrogen-bond acceptors (Lipinski definition) is 6. The molecule has 0 radical (unpaired) electrons. The van der Waals surface area contributed by atoms with Crippen molar-refractivity contribution in [3.8, 4) is 6.07 Å². The minimum Gasteiger partial charge on any atom is -0.456 e. The molecule has 2 rings (SSSR count). The highest BCUT2D eigenvalue weighted by molar-refractivity contribution is 7.99. The van der Waals surface area contributed by atoms with Crippen molar-refractivity contribution in [1.29, 1.82) is 5.26 Å². The van der Waals surface area contributed by atoms with E-state index in [0.29, 0.717) is 21.3 Å². The number of esters is 1. The van der Waals surface area contributed by atoms with Crippen molar-refractivity contribution in [1.82, 2.24) is 0 Å². The molecule has 0 atom stereocenters. The molecule has 0 aliphatic carbocycles. The minimum atomic E-state index is -0.471. The van der Waals surface area contributed by atoms with E-state index >= 15 is 0 Å². The molecule has 0 saturated carbocycles. The molecule has 0 aliphatic heterocycles. The number of carbonyl (C=O) groups excluding carboxylic acids is 2. The van der Waals surface area contributed by atoms with Gasteiger partial charge in [0.2, 0.25) is 0 Å². The number of thiophene rings is 1. The van der Waals surface area contributed by atoms with E-state index in [1.54, 1.807) is 17.5 Å². The molecule has 5 nitrogen and oxygen atoms in total. The third-order valence-corrected chi connectivity index (χ3v) is 5.15. The smallest absolute Gasteiger partial charge is 0.307 e. The Morgan fingerprint density at radius 3 is 2.88 bits per heavy atom. The van der Waals surface area contributed by atoms with Gasteiger partial charge in [-0.2, -0.15) is 5.26 Å². The molecule has 1 amide bonds. The average Bonchev–Trinajstić information content (AvgIpc) is 3.02. The molecule has 0 aliphatic rings. The summed E-state index contributed by atoms with van der Waals surface area (Å²) >= 11 is 8.71. The number of amides is 1. The summed E-state index contributed by atoms with van der Waals surface area (Å²) in [5.74, 6) is -0.425. The zero-order valence-electron chi connectivity index (χ0n) is 12.5. The summed E-state index contributed by atoms with van der Waals surface area (Å²) in [5, 5.41) is 14.2. The standard InChI is InChI=1S/C16H13ClN2O3S2/c17-12-3-1-2-4-13(12)23-8-6-15(21)22-10-14(20)19-16-11(9-18)5-7-24-16/h1-5,7H,6,8,10H2,(H,19,20). The lowest BCUT2D eigenvalue weighted by Crippen LogP contribution is -2.20. The Balaban J connectivity index is 1.69. The molecule has 0 spiro atoms. The summed E-state index contributed by atoms with van der Waals surface area (Å²) in [6.07, 6.45) is 0.172. The molecule has 124 valence electrons. The molecule has 8 heteroatoms. The molecule has 0 bridgehead atoms. The summed E-state index contributed by atoms with van der Waals surface area (Å²) in [4.78, 5) is 24.3. The van der Waals surface area contributed by atoms with E-state index < -0.39 is 11.9 Å². The number of hydrogen-bond donors (Lipinski definition) is 1. The van der Waals surface area contributed by atoms with Gasteiger partial charge >= 0.3 is 5.97 Å². The topological polar surface area (TPSA) is 79.2 Å². The van der Waals surface area contributed by atoms with Crippen LogP contribution in [-0.2, 0) is 14.3 Å². The van der Waals surface area contributed by atoms with Crippen LogP contribution in [0, 0.1) is 11.3 Å². The first kappa shape index (κ1) is 18.3. The van der Waals surface area contributed by atoms with Crippen LogP contribution in [0.15, 0.2) is 40.6 Å². The van der Waals surface area contributed by atoms with Gasteiger partial charge in [0.15, 0.2) is 6.61 Å². The summed E-state index contributed by atoms with van der Waals surface area (Å²) < 4.78 is 4.92. The number of nitriles is 1. The highest BCUT2D eigenvalue weighted by atomic mass is 35.5. The Hall–Kier alpha value is -2.01. The number of rotatable bonds is 7. The van der Waals surface area contributed by atoms with E-state index in [4.69, 9.17) is 21.6 Å². The van der Waals surface area contributed by atoms with Crippen molar-refractivity contribution in [3.63, 3.8) is 0 Å². The lowest BCUT2D eigenvalue weighted by Gasteiger charge is -2.06. The second-order valence-corrected chi connectivity index (χ2v) is 6.97. The number of carbonyl (C=O) groups is 2. The van der Waals surface area contributed by atoms with E-state index in [2.05, 4.69) is 5.32 Å². The SMILES string of the molecule is N#Cc1ccsc1NC(=O)COC(=O)CCSc1ccccc1Cl. The van der Waals surface area contributed by atoms with Crippen LogP contribution in [0.2, 0.25) is 5.02 Å². The second-order valence-electron chi connectivity index (χ2n) is 4.51. The van der Waals surface area contributed by atoms with Crippen LogP contribution in [0.3, 0.4) is 0 Å². The van der Waals surface area contributed by atoms with E-state index in [9.17, 15) is 9.59 Å². The van der Waals surface area contributed by atoms with Crippen molar-refractivity contribution >= 4 is 51.6 Å². The van der Waals surface area contributed by atoms with Gasteiger partial charge in [-0.3, -0.25) is 9.59 Å². The van der Waals surface area contributed by atoms with Crippen molar-refractivity contribution < 1.29 is 14.3 Å². The number of anilines is 1. The normalized spacial score (nSPS) is 10.0. The van der Waals surface area contributed by atoms with Gasteiger partial charge in [0, 0.05) is 10.6 Å². The molecule has 1 N–H and O–H groups in total. The van der Waals surface area contributed by atoms with E-state index in [-0.39, 0.29) is 13.0 Å². The number of nitrogens with zero attached hydrogens (tertiary/aromatic N) is 1. The number of thioether (sulfide) groups is 1. The second kappa shape index (κ2) is 9.33. The fourth-order valence-electron chi connectivity index (χ4n) is 1.68. The highest BCUT2D eigenvalue weighted by Gasteiger charge is 2.11. The summed E-state index contributed by atoms with van der Waals surface area (Å²) in [7, 11) is 0. The molecule has 2 aromatic rings. The van der Waals surface area contributed by atoms with Crippen LogP contribution < -0.4 is 5.32 Å². The molecule has 24 heavy (non-hydrogen) atoms. The van der Waals surface area contributed by atoms with Gasteiger partial charge < -0.3 is 10.1 Å². The number of ether oxygens (including phenoxy) is 1. The number of halogens is 1. The predicted octanol–water partition coefficient (Wildman–Crippen LogP) is 3.94. The monoisotopic (exact) mass is 380 g/mol. The third-order valence-electron chi connectivity index (χ3n) is 2.80. The van der Waals surface area contributed by atoms with Gasteiger partial charge in [-0.25, -0.2) is 0 Å². The van der Waals surface area contributed by atoms with Crippen LogP contribution in [0.25, 0.3) is 0 Å². The van der Waals surface area contributed by atoms with Gasteiger partial charge in [0.05, 0.1) is 17.0 Å². The van der Waals surface area contributed by atoms with Gasteiger partial charge in [-0.1, -0.05) is 23.7 Å². The third kappa shape index (κ3) is 5.57. The maximum atomic E-state index is 11.7. The first-order chi connectivity index (χ1) is 11.6. The van der Waals surface area contributed by atoms with Crippen LogP contribution in [0.5, 0.6) is 0 Å². The van der Waals surface area contributed by atoms with E-state index in [0.717, 1.165) is 4.90 Å². The van der Waals surface area contributed by atoms with Crippen LogP contribution >= 0.6 is 34.7 Å². The Kier molecular flexibility index (Phi) is 7.12. The molecule has 1 aromatic carbocycles. The fraction of sp³-hybridized carbons (Fsp3) is 0.188. The first-order valence-electron chi connectivity index (χ1n) is 6.90. The van der Waals surface area contributed by atoms with Gasteiger partial charge in [0.25, 0.3) is 5.91 Å². The Bertz CT molecular complexity index is 771. The van der Waals surface area contributed by atoms with Gasteiger partial charge in [0.1, 0.15) is 11.1 Å². The molecular weight excluding hydrogens is 368 g/mol. The maximum absolute atomic E-state index is 11.7. The van der Waals surface area contributed by atoms with Crippen LogP contribution in [-0.4, -0.2) is 24.2 Å². The minimum absolute atomic E-state index is 0.172. The van der Waals surface area contributed by atoms with E-state index in [1.165, 1.54) is 23.1 Å². The fourth-order valence-corrected chi connectivity index (χ4v) is 3.60. The lowest BCUT2D eigenvalue weighted by molar-refractivity contribution is -0.146. The van der Waals surface area contributed by atoms with Crippen LogP contribution in [0.1, 0.15) is 12.0 Å². The number of nitrogens with one attached hydrogen (secondary N) is 1. The van der Waals surface area contributed by atoms with Gasteiger partial charge in [-0.15, -0.1) is 23.1 Å². The zero-order chi connectivity index (χ0) is 17.4. The van der Waals surface area contributed by atoms with Gasteiger partial charge in [-0.05, 0) is 23.6 Å². The summed E-state index contributed by atoms with van der Waals surface area (Å²) in [5.41, 5.74) is 0.385. The Morgan fingerprint density at radius 2 is 2.12 bits per heavy atom. The molecule has 1 heterocycles. The predicted molar refractivity (Wildman–Crippen MR) is 95.4 cm³/mol. The molecular formula is C16H13ClN2O3S2. The van der Waals surface area contributed by atoms with E-state index in [1.807, 2.05) is 24.3 Å². The lowest BCUT2D eigenvalue weighted by atomic mass is 10.3. The van der Waals surface area contributed by atoms with Crippen LogP contribution in [0.4, 0.5) is 5.00 Å². The van der Waals surface area contributed by atoms with Crippen molar-refractivity contribution in [2.24, 2.45) is 0 Å². The summed E-state index contributed by atoms with van der Waals surface area (Å²) in [6.45, 7) is -0.377. The zero-order valence-corrected chi connectivity index (χ0v) is 14.8. The molecule has 0 saturated heterocycles. The Labute approximate surface area is 152 Å². The maximum Gasteiger partial charge on any atom is 0.307 e. The molecule has 0 fully saturated rings. The Morgan fingerprint density at radius 1 is 1.33 bits per heavy atom. The van der Waals surface area contributed by atoms with Crippen molar-refractivity contribution in [2.75, 3.05) is 17.7 Å². The highest BCUT2D eigenvalue weighted by Crippen LogP contribution is 2.27. The average molecular weight is 381 g/mol. The quantitative estimate of drug-likeness (QED) is 0.581. The number of benzene rings is 1. The first-order valence-corrected chi connectivity index (χ1v) is 9.15.